The molecule has 0 radical (unpaired) electrons. The van der Waals surface area contributed by atoms with Crippen LogP contribution in [0.25, 0.3) is 10.9 Å². The molecule has 1 aromatic carbocycles. The van der Waals surface area contributed by atoms with Crippen LogP contribution in [-0.4, -0.2) is 32.8 Å². The summed E-state index contributed by atoms with van der Waals surface area (Å²) >= 11 is 2.30. The molecule has 0 aliphatic carbocycles. The van der Waals surface area contributed by atoms with Crippen molar-refractivity contribution in [2.24, 2.45) is 0 Å². The molecule has 0 aliphatic rings. The van der Waals surface area contributed by atoms with Crippen LogP contribution in [0.5, 0.6) is 5.75 Å². The standard InChI is InChI=1S/C20H25IN4O2S/c1-4-20(26)22-9-7-17-15(3)25(28-21)19-6-5-16(13-18(17)19)27-12-11-24-10-8-14(2)23-24/h5-6,8,10,13H,4,7,9,11-12H2,1-3H3,(H,22,26). The van der Waals surface area contributed by atoms with Gasteiger partial charge in [-0.2, -0.15) is 5.10 Å². The predicted octanol–water partition coefficient (Wildman–Crippen LogP) is 4.45. The van der Waals surface area contributed by atoms with Gasteiger partial charge in [0, 0.05) is 60.6 Å². The van der Waals surface area contributed by atoms with Crippen molar-refractivity contribution >= 4 is 47.1 Å². The number of hydrogen-bond donors (Lipinski definition) is 1. The van der Waals surface area contributed by atoms with Gasteiger partial charge in [-0.25, -0.2) is 0 Å². The van der Waals surface area contributed by atoms with Crippen molar-refractivity contribution in [3.8, 4) is 5.75 Å². The zero-order valence-electron chi connectivity index (χ0n) is 16.4. The third-order valence-corrected chi connectivity index (χ3v) is 6.49. The van der Waals surface area contributed by atoms with Crippen molar-refractivity contribution in [1.29, 1.82) is 0 Å². The predicted molar refractivity (Wildman–Crippen MR) is 123 cm³/mol. The molecule has 1 amide bonds. The molecule has 2 heterocycles. The lowest BCUT2D eigenvalue weighted by molar-refractivity contribution is -0.120. The van der Waals surface area contributed by atoms with E-state index in [2.05, 4.69) is 54.6 Å². The van der Waals surface area contributed by atoms with Crippen molar-refractivity contribution in [3.05, 3.63) is 47.4 Å². The molecule has 0 atom stereocenters. The van der Waals surface area contributed by atoms with Gasteiger partial charge in [-0.3, -0.25) is 13.4 Å². The number of nitrogens with one attached hydrogen (secondary N) is 1. The first-order valence-corrected chi connectivity index (χ1v) is 12.7. The number of benzene rings is 1. The maximum Gasteiger partial charge on any atom is 0.219 e. The Hall–Kier alpha value is -1.68. The summed E-state index contributed by atoms with van der Waals surface area (Å²) in [6.07, 6.45) is 3.28. The number of halogens is 1. The van der Waals surface area contributed by atoms with Crippen LogP contribution in [0.15, 0.2) is 30.5 Å². The lowest BCUT2D eigenvalue weighted by atomic mass is 10.1. The Bertz CT molecular complexity index is 967. The van der Waals surface area contributed by atoms with E-state index in [1.807, 2.05) is 36.9 Å². The molecule has 6 nitrogen and oxygen atoms in total. The highest BCUT2D eigenvalue weighted by molar-refractivity contribution is 14.2. The average molecular weight is 512 g/mol. The highest BCUT2D eigenvalue weighted by Gasteiger charge is 2.15. The molecule has 0 fully saturated rings. The summed E-state index contributed by atoms with van der Waals surface area (Å²) < 4.78 is 10.1. The molecule has 150 valence electrons. The highest BCUT2D eigenvalue weighted by Crippen LogP contribution is 2.34. The van der Waals surface area contributed by atoms with E-state index in [1.54, 1.807) is 9.12 Å². The Balaban J connectivity index is 1.76. The number of nitrogens with zero attached hydrogens (tertiary/aromatic N) is 3. The normalized spacial score (nSPS) is 11.1. The second-order valence-electron chi connectivity index (χ2n) is 6.63. The zero-order valence-corrected chi connectivity index (χ0v) is 19.3. The Kier molecular flexibility index (Phi) is 7.28. The fraction of sp³-hybridized carbons (Fsp3) is 0.400. The second kappa shape index (κ2) is 9.69. The minimum absolute atomic E-state index is 0.0857. The van der Waals surface area contributed by atoms with Crippen molar-refractivity contribution in [2.75, 3.05) is 13.2 Å². The number of aryl methyl sites for hydroxylation is 1. The number of rotatable bonds is 9. The van der Waals surface area contributed by atoms with Gasteiger partial charge in [-0.05, 0) is 50.1 Å². The third kappa shape index (κ3) is 4.83. The zero-order chi connectivity index (χ0) is 20.1. The van der Waals surface area contributed by atoms with E-state index in [1.165, 1.54) is 22.2 Å². The molecule has 0 saturated heterocycles. The largest absolute Gasteiger partial charge is 0.492 e. The summed E-state index contributed by atoms with van der Waals surface area (Å²) in [6, 6.07) is 8.22. The van der Waals surface area contributed by atoms with Crippen LogP contribution in [0.3, 0.4) is 0 Å². The van der Waals surface area contributed by atoms with Crippen LogP contribution in [0.1, 0.15) is 30.3 Å². The van der Waals surface area contributed by atoms with E-state index >= 15 is 0 Å². The first kappa shape index (κ1) is 21.0. The van der Waals surface area contributed by atoms with Crippen LogP contribution in [0.4, 0.5) is 0 Å². The van der Waals surface area contributed by atoms with E-state index in [0.717, 1.165) is 17.9 Å². The van der Waals surface area contributed by atoms with Gasteiger partial charge in [0.25, 0.3) is 0 Å². The van der Waals surface area contributed by atoms with Gasteiger partial charge in [0.1, 0.15) is 12.4 Å². The molecule has 1 N–H and O–H groups in total. The molecular weight excluding hydrogens is 487 g/mol. The van der Waals surface area contributed by atoms with E-state index < -0.39 is 0 Å². The molecule has 8 heteroatoms. The monoisotopic (exact) mass is 512 g/mol. The van der Waals surface area contributed by atoms with Gasteiger partial charge in [0.2, 0.25) is 5.91 Å². The van der Waals surface area contributed by atoms with E-state index in [9.17, 15) is 4.79 Å². The summed E-state index contributed by atoms with van der Waals surface area (Å²) in [5, 5.41) is 8.53. The van der Waals surface area contributed by atoms with Gasteiger partial charge in [0.15, 0.2) is 0 Å². The number of ether oxygens (including phenoxy) is 1. The van der Waals surface area contributed by atoms with Gasteiger partial charge in [-0.1, -0.05) is 6.92 Å². The first-order valence-electron chi connectivity index (χ1n) is 9.36. The minimum Gasteiger partial charge on any atom is -0.492 e. The number of aromatic nitrogens is 3. The first-order chi connectivity index (χ1) is 13.5. The number of fused-ring (bicyclic) bond motifs is 1. The molecule has 0 saturated carbocycles. The lowest BCUT2D eigenvalue weighted by Gasteiger charge is -2.08. The Labute approximate surface area is 181 Å². The molecule has 2 aromatic heterocycles. The fourth-order valence-electron chi connectivity index (χ4n) is 3.22. The van der Waals surface area contributed by atoms with Gasteiger partial charge < -0.3 is 10.1 Å². The van der Waals surface area contributed by atoms with Gasteiger partial charge in [-0.15, -0.1) is 0 Å². The van der Waals surface area contributed by atoms with Crippen LogP contribution in [-0.2, 0) is 17.8 Å². The number of amides is 1. The van der Waals surface area contributed by atoms with Gasteiger partial charge in [0.05, 0.1) is 17.8 Å². The number of hydrogen-bond acceptors (Lipinski definition) is 4. The maximum atomic E-state index is 11.6. The molecule has 3 aromatic rings. The highest BCUT2D eigenvalue weighted by atomic mass is 127. The number of carbonyl (C=O) groups excluding carboxylic acids is 1. The van der Waals surface area contributed by atoms with E-state index in [-0.39, 0.29) is 5.91 Å². The average Bonchev–Trinajstić information content (AvgIpc) is 3.22. The Morgan fingerprint density at radius 1 is 1.32 bits per heavy atom. The molecule has 0 unspecified atom stereocenters. The summed E-state index contributed by atoms with van der Waals surface area (Å²) in [5.41, 5.74) is 4.64. The molecule has 28 heavy (non-hydrogen) atoms. The smallest absolute Gasteiger partial charge is 0.219 e. The molecule has 0 bridgehead atoms. The van der Waals surface area contributed by atoms with Crippen LogP contribution in [0.2, 0.25) is 0 Å². The topological polar surface area (TPSA) is 61.1 Å². The second-order valence-corrected chi connectivity index (χ2v) is 8.31. The van der Waals surface area contributed by atoms with Crippen molar-refractivity contribution in [1.82, 2.24) is 19.1 Å². The fourth-order valence-corrected chi connectivity index (χ4v) is 5.19. The van der Waals surface area contributed by atoms with Crippen LogP contribution >= 0.6 is 30.3 Å². The Morgan fingerprint density at radius 3 is 2.82 bits per heavy atom. The summed E-state index contributed by atoms with van der Waals surface area (Å²) in [7, 11) is 1.66. The summed E-state index contributed by atoms with van der Waals surface area (Å²) in [4.78, 5) is 11.6. The van der Waals surface area contributed by atoms with Crippen LogP contribution < -0.4 is 10.1 Å². The molecule has 0 spiro atoms. The molecule has 3 rings (SSSR count). The third-order valence-electron chi connectivity index (χ3n) is 4.70. The van der Waals surface area contributed by atoms with Crippen molar-refractivity contribution in [3.63, 3.8) is 0 Å². The SMILES string of the molecule is CCC(=O)NCCc1c(C)n(SI)c2ccc(OCCn3ccc(C)n3)cc12. The summed E-state index contributed by atoms with van der Waals surface area (Å²) in [5.74, 6) is 0.938. The number of carbonyl (C=O) groups is 1. The van der Waals surface area contributed by atoms with Crippen molar-refractivity contribution in [2.45, 2.75) is 40.2 Å². The quantitative estimate of drug-likeness (QED) is 0.431. The maximum absolute atomic E-state index is 11.6. The van der Waals surface area contributed by atoms with E-state index in [0.29, 0.717) is 26.1 Å². The summed E-state index contributed by atoms with van der Waals surface area (Å²) in [6.45, 7) is 7.90. The molecule has 0 aliphatic heterocycles. The van der Waals surface area contributed by atoms with Crippen molar-refractivity contribution < 1.29 is 9.53 Å². The molecular formula is C20H25IN4O2S. The van der Waals surface area contributed by atoms with Gasteiger partial charge >= 0.3 is 0 Å². The Morgan fingerprint density at radius 2 is 2.14 bits per heavy atom. The minimum atomic E-state index is 0.0857. The van der Waals surface area contributed by atoms with E-state index in [4.69, 9.17) is 4.74 Å². The van der Waals surface area contributed by atoms with Crippen LogP contribution in [0, 0.1) is 13.8 Å². The lowest BCUT2D eigenvalue weighted by Crippen LogP contribution is -2.24.